The molecular weight excluding hydrogens is 447 g/mol. The minimum atomic E-state index is -0.965. The number of ketones is 1. The Hall–Kier alpha value is -3.71. The average Bonchev–Trinajstić information content (AvgIpc) is 3.11. The molecule has 0 aliphatic carbocycles. The first-order valence-electron chi connectivity index (χ1n) is 10.4. The van der Waals surface area contributed by atoms with Gasteiger partial charge >= 0.3 is 0 Å². The summed E-state index contributed by atoms with van der Waals surface area (Å²) in [6.07, 6.45) is 4.71. The van der Waals surface area contributed by atoms with E-state index in [2.05, 4.69) is 4.98 Å². The van der Waals surface area contributed by atoms with Gasteiger partial charge in [-0.2, -0.15) is 0 Å². The van der Waals surface area contributed by atoms with Gasteiger partial charge in [-0.15, -0.1) is 0 Å². The summed E-state index contributed by atoms with van der Waals surface area (Å²) in [6.45, 7) is 0.630. The number of ether oxygens (including phenoxy) is 1. The summed E-state index contributed by atoms with van der Waals surface area (Å²) >= 11 is 5.95. The van der Waals surface area contributed by atoms with Crippen LogP contribution in [0.1, 0.15) is 29.2 Å². The third kappa shape index (κ3) is 3.64. The number of rotatable bonds is 3. The molecule has 5 rings (SSSR count). The van der Waals surface area contributed by atoms with Crippen molar-refractivity contribution in [3.63, 3.8) is 0 Å². The molecule has 1 unspecified atom stereocenters. The van der Waals surface area contributed by atoms with Crippen molar-refractivity contribution < 1.29 is 23.8 Å². The highest BCUT2D eigenvalue weighted by Crippen LogP contribution is 2.43. The molecule has 33 heavy (non-hydrogen) atoms. The van der Waals surface area contributed by atoms with Crippen LogP contribution in [0.3, 0.4) is 0 Å². The van der Waals surface area contributed by atoms with Gasteiger partial charge < -0.3 is 9.84 Å². The maximum atomic E-state index is 13.8. The Morgan fingerprint density at radius 3 is 2.79 bits per heavy atom. The highest BCUT2D eigenvalue weighted by Gasteiger charge is 2.47. The van der Waals surface area contributed by atoms with Crippen molar-refractivity contribution in [2.75, 3.05) is 11.5 Å². The standard InChI is InChI=1S/C25H18ClFN2O4/c26-18-12-17(6-7-19(18)27)29-22(16-3-1-9-28-13-16)21(24(31)25(29)32)23(30)15-5-8-20-14(11-15)4-2-10-33-20/h1,3,5-9,11-13,22,30H,2,4,10H2/b23-21-. The van der Waals surface area contributed by atoms with E-state index in [4.69, 9.17) is 16.3 Å². The maximum absolute atomic E-state index is 13.8. The van der Waals surface area contributed by atoms with E-state index in [0.29, 0.717) is 17.7 Å². The zero-order chi connectivity index (χ0) is 23.1. The molecule has 3 aromatic rings. The number of carbonyl (C=O) groups is 2. The molecule has 166 valence electrons. The number of pyridine rings is 1. The van der Waals surface area contributed by atoms with Crippen LogP contribution in [0.4, 0.5) is 10.1 Å². The summed E-state index contributed by atoms with van der Waals surface area (Å²) in [5, 5.41) is 11.1. The summed E-state index contributed by atoms with van der Waals surface area (Å²) in [5.41, 5.74) is 1.99. The summed E-state index contributed by atoms with van der Waals surface area (Å²) in [4.78, 5) is 31.6. The van der Waals surface area contributed by atoms with Crippen LogP contribution in [0.5, 0.6) is 5.75 Å². The second-order valence-corrected chi connectivity index (χ2v) is 8.24. The SMILES string of the molecule is O=C1C(=O)N(c2ccc(F)c(Cl)c2)C(c2cccnc2)/C1=C(/O)c1ccc2c(c1)CCCO2. The van der Waals surface area contributed by atoms with E-state index in [1.54, 1.807) is 36.5 Å². The summed E-state index contributed by atoms with van der Waals surface area (Å²) in [5.74, 6) is -1.91. The smallest absolute Gasteiger partial charge is 0.300 e. The van der Waals surface area contributed by atoms with Crippen LogP contribution in [0, 0.1) is 5.82 Å². The van der Waals surface area contributed by atoms with E-state index in [1.807, 2.05) is 0 Å². The third-order valence-corrected chi connectivity index (χ3v) is 6.10. The lowest BCUT2D eigenvalue weighted by Crippen LogP contribution is -2.29. The fraction of sp³-hybridized carbons (Fsp3) is 0.160. The largest absolute Gasteiger partial charge is 0.507 e. The zero-order valence-corrected chi connectivity index (χ0v) is 18.1. The van der Waals surface area contributed by atoms with Gasteiger partial charge in [-0.1, -0.05) is 17.7 Å². The maximum Gasteiger partial charge on any atom is 0.300 e. The van der Waals surface area contributed by atoms with E-state index >= 15 is 0 Å². The quantitative estimate of drug-likeness (QED) is 0.341. The zero-order valence-electron chi connectivity index (χ0n) is 17.3. The molecule has 6 nitrogen and oxygen atoms in total. The van der Waals surface area contributed by atoms with Gasteiger partial charge in [-0.25, -0.2) is 4.39 Å². The van der Waals surface area contributed by atoms with E-state index in [0.717, 1.165) is 30.2 Å². The van der Waals surface area contributed by atoms with Crippen molar-refractivity contribution in [2.24, 2.45) is 0 Å². The van der Waals surface area contributed by atoms with Crippen molar-refractivity contribution in [3.05, 3.63) is 94.0 Å². The Labute approximate surface area is 193 Å². The number of benzene rings is 2. The van der Waals surface area contributed by atoms with Crippen molar-refractivity contribution in [2.45, 2.75) is 18.9 Å². The van der Waals surface area contributed by atoms with Gasteiger partial charge in [-0.05, 0) is 66.4 Å². The lowest BCUT2D eigenvalue weighted by Gasteiger charge is -2.25. The molecule has 0 bridgehead atoms. The molecule has 2 aliphatic heterocycles. The monoisotopic (exact) mass is 464 g/mol. The Bertz CT molecular complexity index is 1310. The van der Waals surface area contributed by atoms with Gasteiger partial charge in [0.1, 0.15) is 17.3 Å². The average molecular weight is 465 g/mol. The topological polar surface area (TPSA) is 79.7 Å². The fourth-order valence-corrected chi connectivity index (χ4v) is 4.42. The van der Waals surface area contributed by atoms with Gasteiger partial charge in [0.15, 0.2) is 0 Å². The number of aliphatic hydroxyl groups is 1. The van der Waals surface area contributed by atoms with Crippen LogP contribution in [-0.2, 0) is 16.0 Å². The molecular formula is C25H18ClFN2O4. The number of hydrogen-bond acceptors (Lipinski definition) is 5. The molecule has 1 amide bonds. The number of aromatic nitrogens is 1. The van der Waals surface area contributed by atoms with Gasteiger partial charge in [-0.3, -0.25) is 19.5 Å². The van der Waals surface area contributed by atoms with Gasteiger partial charge in [0.05, 0.1) is 23.2 Å². The van der Waals surface area contributed by atoms with E-state index < -0.39 is 23.5 Å². The molecule has 1 atom stereocenters. The lowest BCUT2D eigenvalue weighted by atomic mass is 9.94. The van der Waals surface area contributed by atoms with Crippen LogP contribution in [0.25, 0.3) is 5.76 Å². The molecule has 0 saturated carbocycles. The third-order valence-electron chi connectivity index (χ3n) is 5.81. The number of aryl methyl sites for hydroxylation is 1. The number of amides is 1. The Morgan fingerprint density at radius 2 is 2.03 bits per heavy atom. The van der Waals surface area contributed by atoms with E-state index in [9.17, 15) is 19.1 Å². The summed E-state index contributed by atoms with van der Waals surface area (Å²) < 4.78 is 19.4. The molecule has 2 aromatic carbocycles. The molecule has 2 aliphatic rings. The summed E-state index contributed by atoms with van der Waals surface area (Å²) in [6, 6.07) is 11.4. The summed E-state index contributed by atoms with van der Waals surface area (Å²) in [7, 11) is 0. The Morgan fingerprint density at radius 1 is 1.18 bits per heavy atom. The first kappa shape index (κ1) is 21.2. The van der Waals surface area contributed by atoms with Crippen LogP contribution >= 0.6 is 11.6 Å². The van der Waals surface area contributed by atoms with Crippen LogP contribution in [-0.4, -0.2) is 28.4 Å². The highest BCUT2D eigenvalue weighted by atomic mass is 35.5. The second-order valence-electron chi connectivity index (χ2n) is 7.83. The van der Waals surface area contributed by atoms with Crippen molar-refractivity contribution in [3.8, 4) is 5.75 Å². The molecule has 1 fully saturated rings. The highest BCUT2D eigenvalue weighted by molar-refractivity contribution is 6.51. The fourth-order valence-electron chi connectivity index (χ4n) is 4.25. The first-order chi connectivity index (χ1) is 16.0. The van der Waals surface area contributed by atoms with Crippen molar-refractivity contribution in [1.29, 1.82) is 0 Å². The minimum Gasteiger partial charge on any atom is -0.507 e. The van der Waals surface area contributed by atoms with Gasteiger partial charge in [0.2, 0.25) is 0 Å². The van der Waals surface area contributed by atoms with Crippen LogP contribution in [0.2, 0.25) is 5.02 Å². The number of Topliss-reactive ketones (excluding diaryl/α,β-unsaturated/α-hetero) is 1. The Balaban J connectivity index is 1.69. The molecule has 1 saturated heterocycles. The molecule has 3 heterocycles. The number of anilines is 1. The molecule has 1 N–H and O–H groups in total. The number of fused-ring (bicyclic) bond motifs is 1. The number of halogens is 2. The Kier molecular flexibility index (Phi) is 5.34. The molecule has 8 heteroatoms. The van der Waals surface area contributed by atoms with E-state index in [1.165, 1.54) is 23.2 Å². The second kappa shape index (κ2) is 8.33. The molecule has 1 aromatic heterocycles. The predicted molar refractivity (Wildman–Crippen MR) is 121 cm³/mol. The van der Waals surface area contributed by atoms with Crippen LogP contribution < -0.4 is 9.64 Å². The number of carbonyl (C=O) groups excluding carboxylic acids is 2. The number of aliphatic hydroxyl groups excluding tert-OH is 1. The molecule has 0 radical (unpaired) electrons. The van der Waals surface area contributed by atoms with Crippen LogP contribution in [0.15, 0.2) is 66.5 Å². The minimum absolute atomic E-state index is 0.0786. The normalized spacial score (nSPS) is 19.3. The van der Waals surface area contributed by atoms with Crippen molar-refractivity contribution >= 4 is 34.7 Å². The first-order valence-corrected chi connectivity index (χ1v) is 10.8. The van der Waals surface area contributed by atoms with Gasteiger partial charge in [0, 0.05) is 23.6 Å². The van der Waals surface area contributed by atoms with Gasteiger partial charge in [0.25, 0.3) is 11.7 Å². The van der Waals surface area contributed by atoms with E-state index in [-0.39, 0.29) is 22.0 Å². The number of hydrogen-bond donors (Lipinski definition) is 1. The van der Waals surface area contributed by atoms with Crippen molar-refractivity contribution in [1.82, 2.24) is 4.98 Å². The molecule has 0 spiro atoms. The lowest BCUT2D eigenvalue weighted by molar-refractivity contribution is -0.132. The number of nitrogens with zero attached hydrogens (tertiary/aromatic N) is 2. The predicted octanol–water partition coefficient (Wildman–Crippen LogP) is 4.83.